The molecule has 0 fully saturated rings. The summed E-state index contributed by atoms with van der Waals surface area (Å²) in [6.45, 7) is 4.07. The molecule has 0 saturated heterocycles. The average Bonchev–Trinajstić information content (AvgIpc) is 3.24. The fraction of sp³-hybridized carbons (Fsp3) is 0.250. The second-order valence-electron chi connectivity index (χ2n) is 5.90. The number of nitrogens with zero attached hydrogens (tertiary/aromatic N) is 5. The second kappa shape index (κ2) is 6.96. The third kappa shape index (κ3) is 3.37. The number of hydrogen-bond acceptors (Lipinski definition) is 8. The van der Waals surface area contributed by atoms with E-state index >= 15 is 0 Å². The van der Waals surface area contributed by atoms with Crippen molar-refractivity contribution in [2.45, 2.75) is 24.9 Å². The fourth-order valence-corrected chi connectivity index (χ4v) is 3.72. The highest BCUT2D eigenvalue weighted by atomic mass is 32.2. The first-order chi connectivity index (χ1) is 12.6. The minimum absolute atomic E-state index is 0.171. The van der Waals surface area contributed by atoms with Crippen LogP contribution in [0.1, 0.15) is 24.8 Å². The zero-order valence-electron chi connectivity index (χ0n) is 14.1. The van der Waals surface area contributed by atoms with Gasteiger partial charge in [-0.05, 0) is 6.07 Å². The van der Waals surface area contributed by atoms with E-state index in [2.05, 4.69) is 35.7 Å². The number of carbonyl (C=O) groups is 1. The average molecular weight is 385 g/mol. The van der Waals surface area contributed by atoms with Crippen molar-refractivity contribution < 1.29 is 4.79 Å². The van der Waals surface area contributed by atoms with Gasteiger partial charge in [0.25, 0.3) is 0 Å². The first-order valence-electron chi connectivity index (χ1n) is 7.97. The lowest BCUT2D eigenvalue weighted by atomic mass is 10.2. The second-order valence-corrected chi connectivity index (χ2v) is 7.85. The SMILES string of the molecule is CC(C)c1nnc(NC(=O)CSc2nnc3c(n2)[nH]c2ccccc23)s1. The molecule has 8 nitrogen and oxygen atoms in total. The number of carbonyl (C=O) groups excluding carboxylic acids is 1. The normalized spacial score (nSPS) is 11.5. The molecule has 0 unspecified atom stereocenters. The number of aromatic amines is 1. The van der Waals surface area contributed by atoms with Crippen LogP contribution in [0.3, 0.4) is 0 Å². The van der Waals surface area contributed by atoms with E-state index in [1.807, 2.05) is 38.1 Å². The van der Waals surface area contributed by atoms with E-state index in [-0.39, 0.29) is 17.6 Å². The molecule has 132 valence electrons. The number of fused-ring (bicyclic) bond motifs is 3. The Morgan fingerprint density at radius 2 is 2.08 bits per heavy atom. The molecule has 0 aliphatic carbocycles. The standard InChI is InChI=1S/C16H15N7OS2/c1-8(2)14-21-23-16(26-14)18-11(24)7-25-15-19-13-12(20-22-15)9-5-3-4-6-10(9)17-13/h3-6,8H,7H2,1-2H3,(H,17,19,22)(H,18,23,24). The van der Waals surface area contributed by atoms with Crippen molar-refractivity contribution >= 4 is 56.2 Å². The van der Waals surface area contributed by atoms with Crippen molar-refractivity contribution in [1.82, 2.24) is 30.4 Å². The van der Waals surface area contributed by atoms with E-state index in [0.717, 1.165) is 21.4 Å². The summed E-state index contributed by atoms with van der Waals surface area (Å²) in [6.07, 6.45) is 0. The van der Waals surface area contributed by atoms with Gasteiger partial charge in [-0.1, -0.05) is 55.1 Å². The smallest absolute Gasteiger partial charge is 0.236 e. The van der Waals surface area contributed by atoms with Crippen molar-refractivity contribution in [3.8, 4) is 0 Å². The van der Waals surface area contributed by atoms with Crippen molar-refractivity contribution in [2.24, 2.45) is 0 Å². The van der Waals surface area contributed by atoms with Gasteiger partial charge >= 0.3 is 0 Å². The van der Waals surface area contributed by atoms with Crippen LogP contribution in [0.15, 0.2) is 29.4 Å². The molecular weight excluding hydrogens is 370 g/mol. The molecule has 4 rings (SSSR count). The molecule has 4 aromatic rings. The maximum atomic E-state index is 12.1. The number of H-pyrrole nitrogens is 1. The molecule has 1 amide bonds. The molecular formula is C16H15N7OS2. The third-order valence-electron chi connectivity index (χ3n) is 3.62. The number of nitrogens with one attached hydrogen (secondary N) is 2. The van der Waals surface area contributed by atoms with Gasteiger partial charge in [-0.25, -0.2) is 4.98 Å². The van der Waals surface area contributed by atoms with Gasteiger partial charge in [0.05, 0.1) is 5.75 Å². The maximum Gasteiger partial charge on any atom is 0.236 e. The van der Waals surface area contributed by atoms with Crippen LogP contribution in [0.2, 0.25) is 0 Å². The zero-order valence-corrected chi connectivity index (χ0v) is 15.7. The summed E-state index contributed by atoms with van der Waals surface area (Å²) in [4.78, 5) is 19.8. The number of para-hydroxylation sites is 1. The molecule has 0 saturated carbocycles. The number of hydrogen-bond donors (Lipinski definition) is 2. The number of thioether (sulfide) groups is 1. The van der Waals surface area contributed by atoms with E-state index in [4.69, 9.17) is 0 Å². The van der Waals surface area contributed by atoms with E-state index in [1.54, 1.807) is 0 Å². The Balaban J connectivity index is 1.43. The van der Waals surface area contributed by atoms with E-state index in [9.17, 15) is 4.79 Å². The van der Waals surface area contributed by atoms with Crippen molar-refractivity contribution in [1.29, 1.82) is 0 Å². The molecule has 0 spiro atoms. The Morgan fingerprint density at radius 1 is 1.23 bits per heavy atom. The Bertz CT molecular complexity index is 1090. The molecule has 1 aromatic carbocycles. The van der Waals surface area contributed by atoms with Gasteiger partial charge in [0.15, 0.2) is 5.65 Å². The summed E-state index contributed by atoms with van der Waals surface area (Å²) >= 11 is 2.61. The number of anilines is 1. The summed E-state index contributed by atoms with van der Waals surface area (Å²) in [5, 5.41) is 21.9. The van der Waals surface area contributed by atoms with Gasteiger partial charge in [0, 0.05) is 16.8 Å². The molecule has 0 radical (unpaired) electrons. The fourth-order valence-electron chi connectivity index (χ4n) is 2.37. The van der Waals surface area contributed by atoms with Gasteiger partial charge in [0.2, 0.25) is 16.2 Å². The van der Waals surface area contributed by atoms with Crippen LogP contribution < -0.4 is 5.32 Å². The van der Waals surface area contributed by atoms with Crippen molar-refractivity contribution in [3.05, 3.63) is 29.3 Å². The summed E-state index contributed by atoms with van der Waals surface area (Å²) in [7, 11) is 0. The van der Waals surface area contributed by atoms with Gasteiger partial charge in [0.1, 0.15) is 10.5 Å². The first-order valence-corrected chi connectivity index (χ1v) is 9.77. The van der Waals surface area contributed by atoms with Crippen LogP contribution in [-0.2, 0) is 4.79 Å². The predicted octanol–water partition coefficient (Wildman–Crippen LogP) is 3.21. The van der Waals surface area contributed by atoms with E-state index < -0.39 is 0 Å². The van der Waals surface area contributed by atoms with Crippen LogP contribution in [0.4, 0.5) is 5.13 Å². The van der Waals surface area contributed by atoms with E-state index in [1.165, 1.54) is 23.1 Å². The van der Waals surface area contributed by atoms with Crippen LogP contribution in [0, 0.1) is 0 Å². The number of amides is 1. The summed E-state index contributed by atoms with van der Waals surface area (Å²) in [6, 6.07) is 7.83. The van der Waals surface area contributed by atoms with Crippen molar-refractivity contribution in [3.63, 3.8) is 0 Å². The molecule has 26 heavy (non-hydrogen) atoms. The lowest BCUT2D eigenvalue weighted by Gasteiger charge is -2.00. The lowest BCUT2D eigenvalue weighted by Crippen LogP contribution is -2.14. The monoisotopic (exact) mass is 385 g/mol. The number of rotatable bonds is 5. The van der Waals surface area contributed by atoms with Gasteiger partial charge in [-0.2, -0.15) is 0 Å². The van der Waals surface area contributed by atoms with Crippen LogP contribution in [-0.4, -0.2) is 42.0 Å². The Kier molecular flexibility index (Phi) is 4.51. The highest BCUT2D eigenvalue weighted by molar-refractivity contribution is 7.99. The maximum absolute atomic E-state index is 12.1. The summed E-state index contributed by atoms with van der Waals surface area (Å²) in [5.41, 5.74) is 2.35. The molecule has 0 atom stereocenters. The summed E-state index contributed by atoms with van der Waals surface area (Å²) in [5.74, 6) is 0.279. The molecule has 0 aliphatic rings. The molecule has 3 aromatic heterocycles. The third-order valence-corrected chi connectivity index (χ3v) is 5.59. The molecule has 2 N–H and O–H groups in total. The summed E-state index contributed by atoms with van der Waals surface area (Å²) < 4.78 is 0. The van der Waals surface area contributed by atoms with Gasteiger partial charge in [-0.3, -0.25) is 10.1 Å². The minimum atomic E-state index is -0.179. The number of aromatic nitrogens is 6. The van der Waals surface area contributed by atoms with Crippen molar-refractivity contribution in [2.75, 3.05) is 11.1 Å². The Morgan fingerprint density at radius 3 is 2.88 bits per heavy atom. The first kappa shape index (κ1) is 16.9. The quantitative estimate of drug-likeness (QED) is 0.508. The van der Waals surface area contributed by atoms with Crippen LogP contribution >= 0.6 is 23.1 Å². The molecule has 10 heteroatoms. The van der Waals surface area contributed by atoms with E-state index in [0.29, 0.717) is 15.9 Å². The topological polar surface area (TPSA) is 109 Å². The van der Waals surface area contributed by atoms with Gasteiger partial charge in [-0.15, -0.1) is 20.4 Å². The largest absolute Gasteiger partial charge is 0.338 e. The zero-order chi connectivity index (χ0) is 18.1. The molecule has 0 bridgehead atoms. The highest BCUT2D eigenvalue weighted by Gasteiger charge is 2.13. The Hall–Kier alpha value is -2.59. The predicted molar refractivity (Wildman–Crippen MR) is 103 cm³/mol. The van der Waals surface area contributed by atoms with Crippen LogP contribution in [0.5, 0.6) is 0 Å². The van der Waals surface area contributed by atoms with Gasteiger partial charge < -0.3 is 4.98 Å². The Labute approximate surface area is 156 Å². The molecule has 3 heterocycles. The number of benzene rings is 1. The highest BCUT2D eigenvalue weighted by Crippen LogP contribution is 2.24. The molecule has 0 aliphatic heterocycles. The minimum Gasteiger partial charge on any atom is -0.338 e. The lowest BCUT2D eigenvalue weighted by molar-refractivity contribution is -0.113. The van der Waals surface area contributed by atoms with Crippen LogP contribution in [0.25, 0.3) is 22.1 Å².